The molecular formula is C14H16FN3O3. The van der Waals surface area contributed by atoms with Crippen LogP contribution in [-0.4, -0.2) is 47.3 Å². The number of rotatable bonds is 7. The van der Waals surface area contributed by atoms with Gasteiger partial charge in [0.2, 0.25) is 0 Å². The molecule has 0 saturated carbocycles. The zero-order chi connectivity index (χ0) is 15.7. The van der Waals surface area contributed by atoms with E-state index in [4.69, 9.17) is 15.5 Å². The minimum atomic E-state index is -0.621. The SMILES string of the molecule is N#C/C(=C/Nc1cccc(F)c1)C(=O)N(CCO)CCO. The van der Waals surface area contributed by atoms with Crippen LogP contribution >= 0.6 is 0 Å². The zero-order valence-electron chi connectivity index (χ0n) is 11.3. The topological polar surface area (TPSA) is 96.6 Å². The maximum Gasteiger partial charge on any atom is 0.266 e. The van der Waals surface area contributed by atoms with E-state index in [-0.39, 0.29) is 31.9 Å². The molecule has 21 heavy (non-hydrogen) atoms. The van der Waals surface area contributed by atoms with Crippen LogP contribution in [0.4, 0.5) is 10.1 Å². The summed E-state index contributed by atoms with van der Waals surface area (Å²) in [5.74, 6) is -1.06. The van der Waals surface area contributed by atoms with Crippen LogP contribution in [-0.2, 0) is 4.79 Å². The van der Waals surface area contributed by atoms with E-state index in [1.165, 1.54) is 24.4 Å². The molecule has 0 fully saturated rings. The van der Waals surface area contributed by atoms with Gasteiger partial charge in [0.15, 0.2) is 0 Å². The van der Waals surface area contributed by atoms with Crippen molar-refractivity contribution in [2.75, 3.05) is 31.6 Å². The highest BCUT2D eigenvalue weighted by Crippen LogP contribution is 2.10. The second kappa shape index (κ2) is 8.68. The summed E-state index contributed by atoms with van der Waals surface area (Å²) < 4.78 is 13.0. The number of benzene rings is 1. The molecule has 0 aliphatic rings. The van der Waals surface area contributed by atoms with Crippen LogP contribution in [0.25, 0.3) is 0 Å². The molecule has 0 spiro atoms. The van der Waals surface area contributed by atoms with Crippen molar-refractivity contribution in [3.05, 3.63) is 41.9 Å². The third kappa shape index (κ3) is 5.22. The molecule has 0 saturated heterocycles. The maximum atomic E-state index is 13.0. The van der Waals surface area contributed by atoms with E-state index in [0.717, 1.165) is 4.90 Å². The van der Waals surface area contributed by atoms with Crippen molar-refractivity contribution in [1.82, 2.24) is 4.90 Å². The molecule has 6 nitrogen and oxygen atoms in total. The second-order valence-electron chi connectivity index (χ2n) is 4.06. The Hall–Kier alpha value is -2.43. The first-order valence-electron chi connectivity index (χ1n) is 6.25. The predicted molar refractivity (Wildman–Crippen MR) is 74.5 cm³/mol. The van der Waals surface area contributed by atoms with Crippen LogP contribution in [0, 0.1) is 17.1 Å². The standard InChI is InChI=1S/C14H16FN3O3/c15-12-2-1-3-13(8-12)17-10-11(9-16)14(21)18(4-6-19)5-7-20/h1-3,8,10,17,19-20H,4-7H2/b11-10-. The Bertz CT molecular complexity index is 549. The molecule has 0 aliphatic carbocycles. The smallest absolute Gasteiger partial charge is 0.266 e. The number of anilines is 1. The van der Waals surface area contributed by atoms with Gasteiger partial charge in [-0.05, 0) is 18.2 Å². The van der Waals surface area contributed by atoms with Gasteiger partial charge in [0.25, 0.3) is 5.91 Å². The molecule has 1 aromatic rings. The summed E-state index contributed by atoms with van der Waals surface area (Å²) in [5, 5.41) is 29.4. The molecule has 0 aromatic heterocycles. The summed E-state index contributed by atoms with van der Waals surface area (Å²) in [4.78, 5) is 13.2. The van der Waals surface area contributed by atoms with Gasteiger partial charge in [-0.2, -0.15) is 5.26 Å². The molecule has 0 aliphatic heterocycles. The molecule has 0 unspecified atom stereocenters. The van der Waals surface area contributed by atoms with Gasteiger partial charge in [0, 0.05) is 25.0 Å². The fourth-order valence-corrected chi connectivity index (χ4v) is 1.60. The van der Waals surface area contributed by atoms with E-state index >= 15 is 0 Å². The van der Waals surface area contributed by atoms with Gasteiger partial charge in [-0.3, -0.25) is 4.79 Å². The molecule has 1 rings (SSSR count). The number of aliphatic hydroxyl groups excluding tert-OH is 2. The number of hydrogen-bond acceptors (Lipinski definition) is 5. The number of carbonyl (C=O) groups is 1. The molecule has 7 heteroatoms. The Morgan fingerprint density at radius 1 is 1.38 bits per heavy atom. The lowest BCUT2D eigenvalue weighted by molar-refractivity contribution is -0.127. The fourth-order valence-electron chi connectivity index (χ4n) is 1.60. The van der Waals surface area contributed by atoms with Crippen LogP contribution in [0.15, 0.2) is 36.0 Å². The number of nitrogens with zero attached hydrogens (tertiary/aromatic N) is 2. The van der Waals surface area contributed by atoms with Crippen molar-refractivity contribution in [1.29, 1.82) is 5.26 Å². The van der Waals surface area contributed by atoms with Crippen LogP contribution in [0.5, 0.6) is 0 Å². The van der Waals surface area contributed by atoms with Gasteiger partial charge >= 0.3 is 0 Å². The summed E-state index contributed by atoms with van der Waals surface area (Å²) in [5.41, 5.74) is 0.188. The third-order valence-corrected chi connectivity index (χ3v) is 2.59. The Morgan fingerprint density at radius 3 is 2.57 bits per heavy atom. The van der Waals surface area contributed by atoms with Crippen molar-refractivity contribution < 1.29 is 19.4 Å². The number of hydrogen-bond donors (Lipinski definition) is 3. The number of amides is 1. The first-order chi connectivity index (χ1) is 10.1. The van der Waals surface area contributed by atoms with Crippen LogP contribution in [0.3, 0.4) is 0 Å². The van der Waals surface area contributed by atoms with E-state index < -0.39 is 11.7 Å². The van der Waals surface area contributed by atoms with Crippen LogP contribution in [0.1, 0.15) is 0 Å². The number of halogens is 1. The van der Waals surface area contributed by atoms with E-state index in [1.54, 1.807) is 12.1 Å². The summed E-state index contributed by atoms with van der Waals surface area (Å²) in [7, 11) is 0. The van der Waals surface area contributed by atoms with E-state index in [9.17, 15) is 9.18 Å². The molecule has 0 radical (unpaired) electrons. The van der Waals surface area contributed by atoms with Crippen molar-refractivity contribution >= 4 is 11.6 Å². The third-order valence-electron chi connectivity index (χ3n) is 2.59. The Kier molecular flexibility index (Phi) is 6.87. The molecule has 0 bridgehead atoms. The molecule has 0 atom stereocenters. The average Bonchev–Trinajstić information content (AvgIpc) is 2.47. The minimum Gasteiger partial charge on any atom is -0.395 e. The largest absolute Gasteiger partial charge is 0.395 e. The molecule has 0 heterocycles. The first-order valence-corrected chi connectivity index (χ1v) is 6.25. The van der Waals surface area contributed by atoms with Crippen molar-refractivity contribution in [2.45, 2.75) is 0 Å². The predicted octanol–water partition coefficient (Wildman–Crippen LogP) is 0.458. The summed E-state index contributed by atoms with van der Waals surface area (Å²) in [6.07, 6.45) is 1.17. The Morgan fingerprint density at radius 2 is 2.05 bits per heavy atom. The molecule has 3 N–H and O–H groups in total. The second-order valence-corrected chi connectivity index (χ2v) is 4.06. The summed E-state index contributed by atoms with van der Waals surface area (Å²) in [6, 6.07) is 7.30. The monoisotopic (exact) mass is 293 g/mol. The normalized spacial score (nSPS) is 10.9. The molecule has 112 valence electrons. The summed E-state index contributed by atoms with van der Waals surface area (Å²) in [6.45, 7) is -0.527. The lowest BCUT2D eigenvalue weighted by atomic mass is 10.2. The van der Waals surface area contributed by atoms with Gasteiger partial charge < -0.3 is 20.4 Å². The van der Waals surface area contributed by atoms with Crippen LogP contribution in [0.2, 0.25) is 0 Å². The van der Waals surface area contributed by atoms with Crippen molar-refractivity contribution in [3.8, 4) is 6.07 Å². The molecule has 1 amide bonds. The highest BCUT2D eigenvalue weighted by atomic mass is 19.1. The Balaban J connectivity index is 2.83. The molecular weight excluding hydrogens is 277 g/mol. The van der Waals surface area contributed by atoms with E-state index in [1.807, 2.05) is 0 Å². The summed E-state index contributed by atoms with van der Waals surface area (Å²) >= 11 is 0. The van der Waals surface area contributed by atoms with Gasteiger partial charge in [-0.25, -0.2) is 4.39 Å². The first kappa shape index (κ1) is 16.6. The minimum absolute atomic E-state index is 0.0123. The number of aliphatic hydroxyl groups is 2. The lowest BCUT2D eigenvalue weighted by Crippen LogP contribution is -2.36. The lowest BCUT2D eigenvalue weighted by Gasteiger charge is -2.20. The van der Waals surface area contributed by atoms with E-state index in [0.29, 0.717) is 5.69 Å². The Labute approximate surface area is 121 Å². The quantitative estimate of drug-likeness (QED) is 0.501. The van der Waals surface area contributed by atoms with Gasteiger partial charge in [-0.15, -0.1) is 0 Å². The highest BCUT2D eigenvalue weighted by molar-refractivity contribution is 5.97. The van der Waals surface area contributed by atoms with Gasteiger partial charge in [0.05, 0.1) is 13.2 Å². The van der Waals surface area contributed by atoms with Crippen LogP contribution < -0.4 is 5.32 Å². The number of nitrogens with one attached hydrogen (secondary N) is 1. The number of carbonyl (C=O) groups excluding carboxylic acids is 1. The fraction of sp³-hybridized carbons (Fsp3) is 0.286. The van der Waals surface area contributed by atoms with Gasteiger partial charge in [-0.1, -0.05) is 6.07 Å². The molecule has 1 aromatic carbocycles. The van der Waals surface area contributed by atoms with Crippen molar-refractivity contribution in [2.24, 2.45) is 0 Å². The zero-order valence-corrected chi connectivity index (χ0v) is 11.3. The maximum absolute atomic E-state index is 13.0. The van der Waals surface area contributed by atoms with E-state index in [2.05, 4.69) is 5.32 Å². The average molecular weight is 293 g/mol. The van der Waals surface area contributed by atoms with Crippen molar-refractivity contribution in [3.63, 3.8) is 0 Å². The van der Waals surface area contributed by atoms with Gasteiger partial charge in [0.1, 0.15) is 17.5 Å². The highest BCUT2D eigenvalue weighted by Gasteiger charge is 2.17. The number of nitriles is 1.